The third-order valence-corrected chi connectivity index (χ3v) is 3.86. The van der Waals surface area contributed by atoms with E-state index in [1.807, 2.05) is 25.1 Å². The normalized spacial score (nSPS) is 11.6. The predicted octanol–water partition coefficient (Wildman–Crippen LogP) is 0.339. The fraction of sp³-hybridized carbons (Fsp3) is 0.455. The van der Waals surface area contributed by atoms with Gasteiger partial charge in [0.25, 0.3) is 0 Å². The van der Waals surface area contributed by atoms with Crippen molar-refractivity contribution in [3.63, 3.8) is 0 Å². The first kappa shape index (κ1) is 14.0. The Labute approximate surface area is 102 Å². The van der Waals surface area contributed by atoms with Crippen molar-refractivity contribution < 1.29 is 13.5 Å². The second kappa shape index (κ2) is 6.00. The van der Waals surface area contributed by atoms with Crippen molar-refractivity contribution in [1.82, 2.24) is 10.0 Å². The van der Waals surface area contributed by atoms with Gasteiger partial charge in [0.1, 0.15) is 5.75 Å². The van der Waals surface area contributed by atoms with Crippen molar-refractivity contribution in [2.45, 2.75) is 13.5 Å². The first-order valence-electron chi connectivity index (χ1n) is 5.35. The highest BCUT2D eigenvalue weighted by Gasteiger charge is 2.07. The van der Waals surface area contributed by atoms with Crippen molar-refractivity contribution >= 4 is 10.0 Å². The molecule has 5 nitrogen and oxygen atoms in total. The zero-order valence-corrected chi connectivity index (χ0v) is 10.8. The summed E-state index contributed by atoms with van der Waals surface area (Å²) < 4.78 is 24.5. The summed E-state index contributed by atoms with van der Waals surface area (Å²) in [7, 11) is -1.78. The fourth-order valence-corrected chi connectivity index (χ4v) is 2.01. The molecular formula is C11H18N2O3S. The summed E-state index contributed by atoms with van der Waals surface area (Å²) in [6, 6.07) is 5.49. The first-order chi connectivity index (χ1) is 7.96. The van der Waals surface area contributed by atoms with Crippen molar-refractivity contribution in [3.8, 4) is 5.75 Å². The lowest BCUT2D eigenvalue weighted by atomic mass is 10.1. The van der Waals surface area contributed by atoms with Crippen molar-refractivity contribution in [2.24, 2.45) is 0 Å². The minimum Gasteiger partial charge on any atom is -0.507 e. The van der Waals surface area contributed by atoms with Crippen molar-refractivity contribution in [3.05, 3.63) is 29.3 Å². The highest BCUT2D eigenvalue weighted by Crippen LogP contribution is 2.20. The summed E-state index contributed by atoms with van der Waals surface area (Å²) >= 11 is 0. The van der Waals surface area contributed by atoms with E-state index in [1.54, 1.807) is 0 Å². The number of aromatic hydroxyl groups is 1. The Morgan fingerprint density at radius 2 is 2.06 bits per heavy atom. The lowest BCUT2D eigenvalue weighted by Crippen LogP contribution is -2.29. The minimum absolute atomic E-state index is 0.0239. The van der Waals surface area contributed by atoms with Crippen molar-refractivity contribution in [2.75, 3.05) is 19.3 Å². The first-order valence-corrected chi connectivity index (χ1v) is 7.01. The highest BCUT2D eigenvalue weighted by molar-refractivity contribution is 7.89. The number of nitrogens with one attached hydrogen (secondary N) is 2. The average molecular weight is 258 g/mol. The molecule has 0 bridgehead atoms. The van der Waals surface area contributed by atoms with Crippen LogP contribution in [0.4, 0.5) is 0 Å². The Morgan fingerprint density at radius 1 is 1.35 bits per heavy atom. The van der Waals surface area contributed by atoms with Gasteiger partial charge in [-0.15, -0.1) is 0 Å². The van der Waals surface area contributed by atoms with Crippen LogP contribution in [0.1, 0.15) is 11.1 Å². The van der Waals surface area contributed by atoms with Crippen LogP contribution >= 0.6 is 0 Å². The van der Waals surface area contributed by atoms with E-state index in [0.717, 1.165) is 11.1 Å². The van der Waals surface area contributed by atoms with Crippen LogP contribution in [-0.4, -0.2) is 32.9 Å². The molecule has 1 aromatic rings. The molecule has 96 valence electrons. The van der Waals surface area contributed by atoms with Gasteiger partial charge in [0.05, 0.1) is 5.75 Å². The van der Waals surface area contributed by atoms with Gasteiger partial charge in [-0.05, 0) is 19.5 Å². The van der Waals surface area contributed by atoms with Crippen LogP contribution in [0.2, 0.25) is 0 Å². The molecule has 1 rings (SSSR count). The van der Waals surface area contributed by atoms with Gasteiger partial charge in [0, 0.05) is 18.7 Å². The molecule has 0 amide bonds. The summed E-state index contributed by atoms with van der Waals surface area (Å²) in [5.41, 5.74) is 1.58. The van der Waals surface area contributed by atoms with Gasteiger partial charge in [0.15, 0.2) is 0 Å². The molecule has 1 aromatic carbocycles. The summed E-state index contributed by atoms with van der Waals surface area (Å²) in [5, 5.41) is 12.7. The van der Waals surface area contributed by atoms with Gasteiger partial charge >= 0.3 is 0 Å². The van der Waals surface area contributed by atoms with Gasteiger partial charge in [-0.2, -0.15) is 0 Å². The van der Waals surface area contributed by atoms with Crippen LogP contribution in [0.3, 0.4) is 0 Å². The molecule has 0 radical (unpaired) electrons. The maximum atomic E-state index is 11.1. The van der Waals surface area contributed by atoms with Crippen LogP contribution in [0, 0.1) is 6.92 Å². The number of aryl methyl sites for hydroxylation is 1. The molecule has 0 heterocycles. The van der Waals surface area contributed by atoms with Gasteiger partial charge in [-0.25, -0.2) is 13.1 Å². The molecule has 0 spiro atoms. The number of hydrogen-bond acceptors (Lipinski definition) is 4. The molecule has 6 heteroatoms. The van der Waals surface area contributed by atoms with Crippen LogP contribution < -0.4 is 10.0 Å². The number of benzene rings is 1. The summed E-state index contributed by atoms with van der Waals surface area (Å²) in [4.78, 5) is 0. The molecule has 3 N–H and O–H groups in total. The van der Waals surface area contributed by atoms with Crippen LogP contribution in [0.5, 0.6) is 5.75 Å². The lowest BCUT2D eigenvalue weighted by Gasteiger charge is -2.08. The molecule has 0 saturated heterocycles. The van der Waals surface area contributed by atoms with Crippen LogP contribution in [-0.2, 0) is 16.6 Å². The second-order valence-electron chi connectivity index (χ2n) is 3.78. The van der Waals surface area contributed by atoms with Crippen molar-refractivity contribution in [1.29, 1.82) is 0 Å². The number of rotatable bonds is 6. The zero-order chi connectivity index (χ0) is 12.9. The topological polar surface area (TPSA) is 78.4 Å². The van der Waals surface area contributed by atoms with E-state index in [0.29, 0.717) is 13.1 Å². The van der Waals surface area contributed by atoms with Crippen LogP contribution in [0.15, 0.2) is 18.2 Å². The minimum atomic E-state index is -3.17. The number of sulfonamides is 1. The van der Waals surface area contributed by atoms with Gasteiger partial charge in [-0.1, -0.05) is 18.2 Å². The Balaban J connectivity index is 2.44. The smallest absolute Gasteiger partial charge is 0.212 e. The molecule has 0 atom stereocenters. The molecule has 0 saturated carbocycles. The molecule has 0 fully saturated rings. The predicted molar refractivity (Wildman–Crippen MR) is 67.4 cm³/mol. The van der Waals surface area contributed by atoms with Crippen LogP contribution in [0.25, 0.3) is 0 Å². The summed E-state index contributed by atoms with van der Waals surface area (Å²) in [6.07, 6.45) is 0. The van der Waals surface area contributed by atoms with Gasteiger partial charge < -0.3 is 10.4 Å². The number of phenolic OH excluding ortho intramolecular Hbond substituents is 1. The van der Waals surface area contributed by atoms with E-state index in [2.05, 4.69) is 10.0 Å². The van der Waals surface area contributed by atoms with E-state index in [1.165, 1.54) is 7.05 Å². The van der Waals surface area contributed by atoms with E-state index in [-0.39, 0.29) is 11.5 Å². The van der Waals surface area contributed by atoms with E-state index in [4.69, 9.17) is 0 Å². The molecule has 17 heavy (non-hydrogen) atoms. The van der Waals surface area contributed by atoms with Gasteiger partial charge in [-0.3, -0.25) is 0 Å². The molecule has 0 aliphatic rings. The molecule has 0 aliphatic heterocycles. The Hall–Kier alpha value is -1.11. The monoisotopic (exact) mass is 258 g/mol. The number of hydrogen-bond donors (Lipinski definition) is 3. The summed E-state index contributed by atoms with van der Waals surface area (Å²) in [6.45, 7) is 2.62. The maximum Gasteiger partial charge on any atom is 0.212 e. The third kappa shape index (κ3) is 4.33. The SMILES string of the molecule is CNS(=O)(=O)CCNCc1cccc(C)c1O. The quantitative estimate of drug-likeness (QED) is 0.643. The number of phenols is 1. The van der Waals surface area contributed by atoms with E-state index < -0.39 is 10.0 Å². The fourth-order valence-electron chi connectivity index (χ4n) is 1.39. The molecule has 0 aliphatic carbocycles. The standard InChI is InChI=1S/C11H18N2O3S/c1-9-4-3-5-10(11(9)14)8-13-6-7-17(15,16)12-2/h3-5,12-14H,6-8H2,1-2H3. The molecular weight excluding hydrogens is 240 g/mol. The van der Waals surface area contributed by atoms with Gasteiger partial charge in [0.2, 0.25) is 10.0 Å². The van der Waals surface area contributed by atoms with E-state index in [9.17, 15) is 13.5 Å². The average Bonchev–Trinajstić information content (AvgIpc) is 2.30. The molecule has 0 aromatic heterocycles. The Morgan fingerprint density at radius 3 is 2.71 bits per heavy atom. The lowest BCUT2D eigenvalue weighted by molar-refractivity contribution is 0.461. The van der Waals surface area contributed by atoms with E-state index >= 15 is 0 Å². The Kier molecular flexibility index (Phi) is 4.92. The summed E-state index contributed by atoms with van der Waals surface area (Å²) in [5.74, 6) is 0.285. The Bertz CT molecular complexity index is 472. The molecule has 0 unspecified atom stereocenters. The largest absolute Gasteiger partial charge is 0.507 e. The maximum absolute atomic E-state index is 11.1. The zero-order valence-electron chi connectivity index (χ0n) is 10.0. The highest BCUT2D eigenvalue weighted by atomic mass is 32.2. The third-order valence-electron chi connectivity index (χ3n) is 2.50. The second-order valence-corrected chi connectivity index (χ2v) is 5.83. The number of para-hydroxylation sites is 1.